The molecule has 1 heterocycles. The first kappa shape index (κ1) is 15.4. The van der Waals surface area contributed by atoms with Gasteiger partial charge in [0.25, 0.3) is 0 Å². The summed E-state index contributed by atoms with van der Waals surface area (Å²) < 4.78 is 18.0. The number of amides is 1. The maximum Gasteiger partial charge on any atom is 0.328 e. The Morgan fingerprint density at radius 1 is 1.43 bits per heavy atom. The molecule has 0 spiro atoms. The molecule has 0 aromatic heterocycles. The summed E-state index contributed by atoms with van der Waals surface area (Å²) in [4.78, 5) is 24.8. The highest BCUT2D eigenvalue weighted by atomic mass is 19.1. The van der Waals surface area contributed by atoms with E-state index in [1.807, 2.05) is 6.92 Å². The van der Waals surface area contributed by atoms with Crippen molar-refractivity contribution in [2.45, 2.75) is 25.3 Å². The van der Waals surface area contributed by atoms with Gasteiger partial charge in [0.1, 0.15) is 5.82 Å². The van der Waals surface area contributed by atoms with E-state index in [9.17, 15) is 14.0 Å². The molecule has 0 bridgehead atoms. The fourth-order valence-electron chi connectivity index (χ4n) is 2.40. The van der Waals surface area contributed by atoms with Gasteiger partial charge < -0.3 is 14.7 Å². The number of nitrogens with zero attached hydrogens (tertiary/aromatic N) is 1. The van der Waals surface area contributed by atoms with Gasteiger partial charge in [-0.2, -0.15) is 0 Å². The average molecular weight is 295 g/mol. The summed E-state index contributed by atoms with van der Waals surface area (Å²) in [6.07, 6.45) is 0.190. The standard InChI is InChI=1S/C15H18FNO4/c1-10(11-2-4-12(16)5-3-11)8-14(18)17-6-7-21-9-13(17)15(19)20/h2-5,10,13H,6-9H2,1H3,(H,19,20). The molecule has 114 valence electrons. The van der Waals surface area contributed by atoms with Gasteiger partial charge in [0.2, 0.25) is 5.91 Å². The minimum atomic E-state index is -1.06. The normalized spacial score (nSPS) is 20.1. The van der Waals surface area contributed by atoms with Gasteiger partial charge in [-0.1, -0.05) is 19.1 Å². The molecule has 1 aliphatic heterocycles. The lowest BCUT2D eigenvalue weighted by molar-refractivity contribution is -0.158. The van der Waals surface area contributed by atoms with Gasteiger partial charge in [-0.3, -0.25) is 4.79 Å². The zero-order valence-electron chi connectivity index (χ0n) is 11.8. The Labute approximate surface area is 122 Å². The van der Waals surface area contributed by atoms with Crippen LogP contribution in [0.1, 0.15) is 24.8 Å². The molecule has 1 aromatic rings. The maximum absolute atomic E-state index is 12.9. The van der Waals surface area contributed by atoms with Crippen LogP contribution in [-0.2, 0) is 14.3 Å². The topological polar surface area (TPSA) is 66.8 Å². The number of carboxylic acids is 1. The molecular formula is C15H18FNO4. The van der Waals surface area contributed by atoms with Crippen molar-refractivity contribution in [2.24, 2.45) is 0 Å². The third-order valence-electron chi connectivity index (χ3n) is 3.65. The first-order valence-corrected chi connectivity index (χ1v) is 6.84. The molecule has 0 radical (unpaired) electrons. The van der Waals surface area contributed by atoms with E-state index in [4.69, 9.17) is 9.84 Å². The van der Waals surface area contributed by atoms with Crippen LogP contribution in [0.25, 0.3) is 0 Å². The molecule has 1 N–H and O–H groups in total. The van der Waals surface area contributed by atoms with Gasteiger partial charge >= 0.3 is 5.97 Å². The van der Waals surface area contributed by atoms with Gasteiger partial charge in [-0.15, -0.1) is 0 Å². The van der Waals surface area contributed by atoms with Crippen molar-refractivity contribution in [1.29, 1.82) is 0 Å². The fourth-order valence-corrected chi connectivity index (χ4v) is 2.40. The summed E-state index contributed by atoms with van der Waals surface area (Å²) in [7, 11) is 0. The molecule has 21 heavy (non-hydrogen) atoms. The van der Waals surface area contributed by atoms with Crippen molar-refractivity contribution < 1.29 is 23.8 Å². The lowest BCUT2D eigenvalue weighted by Gasteiger charge is -2.33. The lowest BCUT2D eigenvalue weighted by atomic mass is 9.96. The first-order chi connectivity index (χ1) is 9.99. The van der Waals surface area contributed by atoms with Crippen molar-refractivity contribution in [3.05, 3.63) is 35.6 Å². The highest BCUT2D eigenvalue weighted by Gasteiger charge is 2.33. The fraction of sp³-hybridized carbons (Fsp3) is 0.467. The van der Waals surface area contributed by atoms with Crippen LogP contribution in [-0.4, -0.2) is 47.7 Å². The van der Waals surface area contributed by atoms with Crippen LogP contribution in [0, 0.1) is 5.82 Å². The molecule has 5 nitrogen and oxygen atoms in total. The second-order valence-electron chi connectivity index (χ2n) is 5.17. The summed E-state index contributed by atoms with van der Waals surface area (Å²) in [5, 5.41) is 9.12. The Morgan fingerprint density at radius 2 is 2.10 bits per heavy atom. The number of ether oxygens (including phenoxy) is 1. The molecule has 6 heteroatoms. The minimum absolute atomic E-state index is 0.0198. The summed E-state index contributed by atoms with van der Waals surface area (Å²) >= 11 is 0. The second-order valence-corrected chi connectivity index (χ2v) is 5.17. The van der Waals surface area contributed by atoms with Crippen molar-refractivity contribution in [1.82, 2.24) is 4.90 Å². The van der Waals surface area contributed by atoms with E-state index in [1.54, 1.807) is 12.1 Å². The van der Waals surface area contributed by atoms with Crippen molar-refractivity contribution >= 4 is 11.9 Å². The molecule has 0 aliphatic carbocycles. The van der Waals surface area contributed by atoms with Crippen LogP contribution in [0.2, 0.25) is 0 Å². The highest BCUT2D eigenvalue weighted by molar-refractivity contribution is 5.84. The lowest BCUT2D eigenvalue weighted by Crippen LogP contribution is -2.52. The van der Waals surface area contributed by atoms with E-state index in [0.717, 1.165) is 5.56 Å². The van der Waals surface area contributed by atoms with Crippen molar-refractivity contribution in [2.75, 3.05) is 19.8 Å². The Balaban J connectivity index is 2.02. The SMILES string of the molecule is CC(CC(=O)N1CCOCC1C(=O)O)c1ccc(F)cc1. The number of aliphatic carboxylic acids is 1. The first-order valence-electron chi connectivity index (χ1n) is 6.84. The summed E-state index contributed by atoms with van der Waals surface area (Å²) in [5.41, 5.74) is 0.852. The number of carbonyl (C=O) groups is 2. The monoisotopic (exact) mass is 295 g/mol. The third kappa shape index (κ3) is 3.78. The Bertz CT molecular complexity index is 517. The molecular weight excluding hydrogens is 277 g/mol. The van der Waals surface area contributed by atoms with E-state index in [-0.39, 0.29) is 37.2 Å². The molecule has 0 saturated carbocycles. The van der Waals surface area contributed by atoms with E-state index in [1.165, 1.54) is 17.0 Å². The second kappa shape index (κ2) is 6.67. The minimum Gasteiger partial charge on any atom is -0.480 e. The zero-order chi connectivity index (χ0) is 15.4. The average Bonchev–Trinajstić information content (AvgIpc) is 2.47. The zero-order valence-corrected chi connectivity index (χ0v) is 11.8. The van der Waals surface area contributed by atoms with Crippen LogP contribution in [0.5, 0.6) is 0 Å². The number of morpholine rings is 1. The van der Waals surface area contributed by atoms with Gasteiger partial charge in [-0.05, 0) is 23.6 Å². The van der Waals surface area contributed by atoms with Crippen LogP contribution in [0.4, 0.5) is 4.39 Å². The number of halogens is 1. The predicted molar refractivity (Wildman–Crippen MR) is 73.4 cm³/mol. The van der Waals surface area contributed by atoms with E-state index in [0.29, 0.717) is 6.61 Å². The van der Waals surface area contributed by atoms with Crippen LogP contribution >= 0.6 is 0 Å². The van der Waals surface area contributed by atoms with Crippen LogP contribution < -0.4 is 0 Å². The number of carbonyl (C=O) groups excluding carboxylic acids is 1. The molecule has 2 atom stereocenters. The number of hydrogen-bond donors (Lipinski definition) is 1. The molecule has 2 rings (SSSR count). The largest absolute Gasteiger partial charge is 0.480 e. The number of rotatable bonds is 4. The number of hydrogen-bond acceptors (Lipinski definition) is 3. The van der Waals surface area contributed by atoms with Gasteiger partial charge in [0.05, 0.1) is 13.2 Å². The number of carboxylic acid groups (broad SMARTS) is 1. The maximum atomic E-state index is 12.9. The molecule has 1 saturated heterocycles. The Hall–Kier alpha value is -1.95. The number of benzene rings is 1. The molecule has 1 aliphatic rings. The van der Waals surface area contributed by atoms with Gasteiger partial charge in [0.15, 0.2) is 6.04 Å². The smallest absolute Gasteiger partial charge is 0.328 e. The summed E-state index contributed by atoms with van der Waals surface area (Å²) in [6.45, 7) is 2.51. The van der Waals surface area contributed by atoms with E-state index in [2.05, 4.69) is 0 Å². The highest BCUT2D eigenvalue weighted by Crippen LogP contribution is 2.21. The molecule has 1 aromatic carbocycles. The summed E-state index contributed by atoms with van der Waals surface area (Å²) in [5.74, 6) is -1.70. The third-order valence-corrected chi connectivity index (χ3v) is 3.65. The Kier molecular flexibility index (Phi) is 4.90. The van der Waals surface area contributed by atoms with Gasteiger partial charge in [0, 0.05) is 13.0 Å². The van der Waals surface area contributed by atoms with Crippen LogP contribution in [0.3, 0.4) is 0 Å². The van der Waals surface area contributed by atoms with Gasteiger partial charge in [-0.25, -0.2) is 9.18 Å². The van der Waals surface area contributed by atoms with Crippen molar-refractivity contribution in [3.63, 3.8) is 0 Å². The van der Waals surface area contributed by atoms with Crippen molar-refractivity contribution in [3.8, 4) is 0 Å². The van der Waals surface area contributed by atoms with E-state index >= 15 is 0 Å². The predicted octanol–water partition coefficient (Wildman–Crippen LogP) is 1.63. The van der Waals surface area contributed by atoms with Crippen LogP contribution in [0.15, 0.2) is 24.3 Å². The molecule has 1 amide bonds. The van der Waals surface area contributed by atoms with E-state index < -0.39 is 12.0 Å². The molecule has 1 fully saturated rings. The molecule has 2 unspecified atom stereocenters. The quantitative estimate of drug-likeness (QED) is 0.917. The Morgan fingerprint density at radius 3 is 2.71 bits per heavy atom. The summed E-state index contributed by atoms with van der Waals surface area (Å²) in [6, 6.07) is 5.06.